The van der Waals surface area contributed by atoms with Crippen LogP contribution in [0.4, 0.5) is 5.95 Å². The summed E-state index contributed by atoms with van der Waals surface area (Å²) in [6.07, 6.45) is 0. The van der Waals surface area contributed by atoms with Gasteiger partial charge in [-0.1, -0.05) is 23.7 Å². The van der Waals surface area contributed by atoms with Crippen LogP contribution < -0.4 is 15.8 Å². The second-order valence-electron chi connectivity index (χ2n) is 5.85. The largest absolute Gasteiger partial charge is 0.339 e. The van der Waals surface area contributed by atoms with Crippen LogP contribution in [0.3, 0.4) is 0 Å². The average Bonchev–Trinajstić information content (AvgIpc) is 3.00. The summed E-state index contributed by atoms with van der Waals surface area (Å²) in [4.78, 5) is 23.9. The highest BCUT2D eigenvalue weighted by Gasteiger charge is 2.24. The van der Waals surface area contributed by atoms with Gasteiger partial charge in [-0.05, 0) is 23.7 Å². The molecule has 0 radical (unpaired) electrons. The van der Waals surface area contributed by atoms with Crippen LogP contribution in [-0.2, 0) is 7.05 Å². The van der Waals surface area contributed by atoms with E-state index in [2.05, 4.69) is 20.2 Å². The minimum absolute atomic E-state index is 0.105. The molecule has 0 atom stereocenters. The van der Waals surface area contributed by atoms with E-state index in [1.165, 1.54) is 4.57 Å². The number of piperazine rings is 1. The molecule has 1 N–H and O–H groups in total. The van der Waals surface area contributed by atoms with E-state index >= 15 is 0 Å². The molecule has 9 heteroatoms. The van der Waals surface area contributed by atoms with Gasteiger partial charge in [-0.25, -0.2) is 0 Å². The summed E-state index contributed by atoms with van der Waals surface area (Å²) < 4.78 is 3.09. The van der Waals surface area contributed by atoms with Crippen molar-refractivity contribution < 1.29 is 0 Å². The van der Waals surface area contributed by atoms with Crippen LogP contribution in [0.1, 0.15) is 0 Å². The molecule has 1 fully saturated rings. The first kappa shape index (κ1) is 16.4. The van der Waals surface area contributed by atoms with E-state index in [0.29, 0.717) is 27.8 Å². The smallest absolute Gasteiger partial charge is 0.280 e. The number of nitrogens with one attached hydrogen (secondary N) is 1. The van der Waals surface area contributed by atoms with Crippen LogP contribution in [0.5, 0.6) is 0 Å². The monoisotopic (exact) mass is 378 g/mol. The Morgan fingerprint density at radius 1 is 1.12 bits per heavy atom. The molecule has 4 rings (SSSR count). The molecular weight excluding hydrogens is 363 g/mol. The lowest BCUT2D eigenvalue weighted by Gasteiger charge is -2.28. The van der Waals surface area contributed by atoms with Crippen molar-refractivity contribution in [2.75, 3.05) is 31.1 Å². The van der Waals surface area contributed by atoms with Crippen LogP contribution in [0, 0.1) is 0 Å². The molecule has 130 valence electrons. The van der Waals surface area contributed by atoms with Crippen LogP contribution in [0.25, 0.3) is 16.9 Å². The van der Waals surface area contributed by atoms with Gasteiger partial charge in [0.05, 0.1) is 10.7 Å². The molecule has 0 bridgehead atoms. The number of benzene rings is 1. The molecule has 1 aliphatic heterocycles. The second-order valence-corrected chi connectivity index (χ2v) is 6.60. The maximum atomic E-state index is 12.9. The standard InChI is InChI=1S/C16H16Cl2N6O/c1-22-14(25)12-13(20-15(22)18)21-16(23-8-6-19-7-9-23)24(12)11-5-3-2-4-10(11)17/h2-5,19H,6-9H2,1H3. The Morgan fingerprint density at radius 2 is 1.84 bits per heavy atom. The van der Waals surface area contributed by atoms with E-state index in [1.54, 1.807) is 17.7 Å². The molecular formula is C16H16Cl2N6O. The quantitative estimate of drug-likeness (QED) is 0.689. The van der Waals surface area contributed by atoms with Gasteiger partial charge in [0.2, 0.25) is 11.2 Å². The van der Waals surface area contributed by atoms with Gasteiger partial charge in [-0.15, -0.1) is 0 Å². The molecule has 0 spiro atoms. The third-order valence-corrected chi connectivity index (χ3v) is 4.97. The van der Waals surface area contributed by atoms with E-state index in [1.807, 2.05) is 18.2 Å². The highest BCUT2D eigenvalue weighted by Crippen LogP contribution is 2.29. The van der Waals surface area contributed by atoms with Gasteiger partial charge in [0.25, 0.3) is 5.56 Å². The number of nitrogens with zero attached hydrogens (tertiary/aromatic N) is 5. The predicted molar refractivity (Wildman–Crippen MR) is 99.2 cm³/mol. The molecule has 0 amide bonds. The van der Waals surface area contributed by atoms with Gasteiger partial charge in [-0.2, -0.15) is 9.97 Å². The SMILES string of the molecule is Cn1c(Cl)nc2nc(N3CCNCC3)n(-c3ccccc3Cl)c2c1=O. The summed E-state index contributed by atoms with van der Waals surface area (Å²) in [6, 6.07) is 7.38. The van der Waals surface area contributed by atoms with Crippen molar-refractivity contribution in [2.45, 2.75) is 0 Å². The number of fused-ring (bicyclic) bond motifs is 1. The molecule has 3 heterocycles. The van der Waals surface area contributed by atoms with Crippen molar-refractivity contribution >= 4 is 40.3 Å². The first-order valence-corrected chi connectivity index (χ1v) is 8.69. The maximum absolute atomic E-state index is 12.9. The lowest BCUT2D eigenvalue weighted by atomic mass is 10.3. The highest BCUT2D eigenvalue weighted by molar-refractivity contribution is 6.32. The molecule has 7 nitrogen and oxygen atoms in total. The van der Waals surface area contributed by atoms with Crippen molar-refractivity contribution in [1.29, 1.82) is 0 Å². The summed E-state index contributed by atoms with van der Waals surface area (Å²) in [5.41, 5.74) is 1.13. The van der Waals surface area contributed by atoms with Crippen LogP contribution in [0.2, 0.25) is 10.3 Å². The third-order valence-electron chi connectivity index (χ3n) is 4.32. The fraction of sp³-hybridized carbons (Fsp3) is 0.312. The van der Waals surface area contributed by atoms with Gasteiger partial charge >= 0.3 is 0 Å². The number of anilines is 1. The Morgan fingerprint density at radius 3 is 2.56 bits per heavy atom. The first-order chi connectivity index (χ1) is 12.1. The second kappa shape index (κ2) is 6.33. The highest BCUT2D eigenvalue weighted by atomic mass is 35.5. The summed E-state index contributed by atoms with van der Waals surface area (Å²) in [6.45, 7) is 3.25. The predicted octanol–water partition coefficient (Wildman–Crippen LogP) is 1.84. The minimum atomic E-state index is -0.260. The summed E-state index contributed by atoms with van der Waals surface area (Å²) in [5, 5.41) is 3.95. The van der Waals surface area contributed by atoms with E-state index in [4.69, 9.17) is 23.2 Å². The molecule has 0 unspecified atom stereocenters. The van der Waals surface area contributed by atoms with Gasteiger partial charge in [0.15, 0.2) is 11.2 Å². The number of para-hydroxylation sites is 1. The molecule has 2 aromatic heterocycles. The fourth-order valence-corrected chi connectivity index (χ4v) is 3.39. The number of hydrogen-bond donors (Lipinski definition) is 1. The fourth-order valence-electron chi connectivity index (χ4n) is 3.01. The van der Waals surface area contributed by atoms with Gasteiger partial charge in [0, 0.05) is 33.2 Å². The normalized spacial score (nSPS) is 15.1. The molecule has 3 aromatic rings. The number of hydrogen-bond acceptors (Lipinski definition) is 5. The van der Waals surface area contributed by atoms with E-state index in [0.717, 1.165) is 26.2 Å². The number of imidazole rings is 1. The summed E-state index contributed by atoms with van der Waals surface area (Å²) >= 11 is 12.5. The Balaban J connectivity index is 2.07. The van der Waals surface area contributed by atoms with Gasteiger partial charge < -0.3 is 10.2 Å². The zero-order chi connectivity index (χ0) is 17.6. The number of halogens is 2. The van der Waals surface area contributed by atoms with Gasteiger partial charge in [0.1, 0.15) is 0 Å². The van der Waals surface area contributed by atoms with Crippen LogP contribution in [0.15, 0.2) is 29.1 Å². The van der Waals surface area contributed by atoms with E-state index in [9.17, 15) is 4.79 Å². The zero-order valence-electron chi connectivity index (χ0n) is 13.5. The Bertz CT molecular complexity index is 1010. The summed E-state index contributed by atoms with van der Waals surface area (Å²) in [7, 11) is 1.59. The van der Waals surface area contributed by atoms with Crippen molar-refractivity contribution in [1.82, 2.24) is 24.4 Å². The van der Waals surface area contributed by atoms with E-state index in [-0.39, 0.29) is 10.8 Å². The van der Waals surface area contributed by atoms with Crippen molar-refractivity contribution in [3.05, 3.63) is 44.9 Å². The third kappa shape index (κ3) is 2.68. The topological polar surface area (TPSA) is 68.0 Å². The first-order valence-electron chi connectivity index (χ1n) is 7.93. The maximum Gasteiger partial charge on any atom is 0.280 e. The number of rotatable bonds is 2. The molecule has 0 aliphatic carbocycles. The summed E-state index contributed by atoms with van der Waals surface area (Å²) in [5.74, 6) is 0.650. The number of aromatic nitrogens is 4. The minimum Gasteiger partial charge on any atom is -0.339 e. The van der Waals surface area contributed by atoms with E-state index < -0.39 is 0 Å². The molecule has 0 saturated carbocycles. The van der Waals surface area contributed by atoms with Gasteiger partial charge in [-0.3, -0.25) is 13.9 Å². The van der Waals surface area contributed by atoms with Crippen LogP contribution in [-0.4, -0.2) is 45.3 Å². The molecule has 25 heavy (non-hydrogen) atoms. The van der Waals surface area contributed by atoms with Crippen molar-refractivity contribution in [2.24, 2.45) is 7.05 Å². The lowest BCUT2D eigenvalue weighted by molar-refractivity contribution is 0.578. The van der Waals surface area contributed by atoms with Crippen molar-refractivity contribution in [3.63, 3.8) is 0 Å². The lowest BCUT2D eigenvalue weighted by Crippen LogP contribution is -2.44. The average molecular weight is 379 g/mol. The zero-order valence-corrected chi connectivity index (χ0v) is 15.0. The van der Waals surface area contributed by atoms with Crippen molar-refractivity contribution in [3.8, 4) is 5.69 Å². The Kier molecular flexibility index (Phi) is 4.15. The van der Waals surface area contributed by atoms with Crippen LogP contribution >= 0.6 is 23.2 Å². The molecule has 1 saturated heterocycles. The Hall–Kier alpha value is -2.09. The molecule has 1 aliphatic rings. The Labute approximate surface area is 153 Å². The molecule has 1 aromatic carbocycles.